The molecule has 1 fully saturated rings. The summed E-state index contributed by atoms with van der Waals surface area (Å²) in [7, 11) is 1.78. The molecule has 29 heavy (non-hydrogen) atoms. The van der Waals surface area contributed by atoms with Gasteiger partial charge in [0, 0.05) is 36.8 Å². The van der Waals surface area contributed by atoms with Crippen LogP contribution < -0.4 is 5.32 Å². The number of hydrogen-bond acceptors (Lipinski definition) is 6. The zero-order valence-electron chi connectivity index (χ0n) is 16.6. The van der Waals surface area contributed by atoms with E-state index < -0.39 is 5.97 Å². The molecule has 0 spiro atoms. The largest absolute Gasteiger partial charge is 0.478 e. The van der Waals surface area contributed by atoms with Crippen molar-refractivity contribution >= 4 is 29.7 Å². The first-order chi connectivity index (χ1) is 13.9. The molecule has 152 valence electrons. The Kier molecular flexibility index (Phi) is 5.08. The topological polar surface area (TPSA) is 97.6 Å². The number of carbonyl (C=O) groups is 2. The fraction of sp³-hybridized carbons (Fsp3) is 0.429. The van der Waals surface area contributed by atoms with E-state index in [4.69, 9.17) is 10.1 Å². The van der Waals surface area contributed by atoms with Crippen LogP contribution in [-0.4, -0.2) is 64.3 Å². The summed E-state index contributed by atoms with van der Waals surface area (Å²) in [6.07, 6.45) is 7.79. The number of aromatic carboxylic acids is 1. The van der Waals surface area contributed by atoms with E-state index in [1.807, 2.05) is 6.92 Å². The van der Waals surface area contributed by atoms with Crippen molar-refractivity contribution in [1.29, 1.82) is 0 Å². The molecule has 1 aliphatic carbocycles. The lowest BCUT2D eigenvalue weighted by atomic mass is 10.1. The van der Waals surface area contributed by atoms with Gasteiger partial charge < -0.3 is 20.2 Å². The first-order valence-corrected chi connectivity index (χ1v) is 9.90. The fourth-order valence-corrected chi connectivity index (χ4v) is 4.27. The number of carbonyl (C=O) groups excluding carboxylic acids is 1. The molecule has 0 radical (unpaired) electrons. The number of amides is 1. The molecule has 2 atom stereocenters. The van der Waals surface area contributed by atoms with Gasteiger partial charge in [-0.25, -0.2) is 14.8 Å². The van der Waals surface area contributed by atoms with E-state index in [0.717, 1.165) is 18.5 Å². The van der Waals surface area contributed by atoms with Gasteiger partial charge in [-0.2, -0.15) is 0 Å². The monoisotopic (exact) mass is 395 g/mol. The molecular weight excluding hydrogens is 370 g/mol. The minimum atomic E-state index is -0.965. The summed E-state index contributed by atoms with van der Waals surface area (Å²) >= 11 is 0. The SMILES string of the molecule is CC1=CC(=O)N(C)C2C=NC(Nc3ccc(C(=O)O)cc3)=NC2N1C1CCCC1. The fourth-order valence-electron chi connectivity index (χ4n) is 4.27. The quantitative estimate of drug-likeness (QED) is 0.820. The first-order valence-electron chi connectivity index (χ1n) is 9.90. The van der Waals surface area contributed by atoms with Crippen LogP contribution in [0.5, 0.6) is 0 Å². The van der Waals surface area contributed by atoms with Crippen molar-refractivity contribution in [2.24, 2.45) is 9.98 Å². The third-order valence-electron chi connectivity index (χ3n) is 5.84. The summed E-state index contributed by atoms with van der Waals surface area (Å²) in [6.45, 7) is 1.98. The number of anilines is 1. The first kappa shape index (κ1) is 19.2. The van der Waals surface area contributed by atoms with Crippen molar-refractivity contribution in [3.05, 3.63) is 41.6 Å². The van der Waals surface area contributed by atoms with Crippen LogP contribution in [0.3, 0.4) is 0 Å². The van der Waals surface area contributed by atoms with Crippen LogP contribution >= 0.6 is 0 Å². The molecule has 0 bridgehead atoms. The Labute approximate surface area is 169 Å². The molecule has 3 aliphatic rings. The van der Waals surface area contributed by atoms with E-state index in [-0.39, 0.29) is 23.7 Å². The Bertz CT molecular complexity index is 899. The molecule has 0 saturated heterocycles. The summed E-state index contributed by atoms with van der Waals surface area (Å²) < 4.78 is 0. The van der Waals surface area contributed by atoms with Crippen LogP contribution in [0.25, 0.3) is 0 Å². The van der Waals surface area contributed by atoms with Gasteiger partial charge in [0.05, 0.1) is 5.56 Å². The average molecular weight is 395 g/mol. The number of carboxylic acid groups (broad SMARTS) is 1. The summed E-state index contributed by atoms with van der Waals surface area (Å²) in [5, 5.41) is 12.2. The van der Waals surface area contributed by atoms with Gasteiger partial charge >= 0.3 is 5.97 Å². The number of benzene rings is 1. The van der Waals surface area contributed by atoms with Crippen molar-refractivity contribution in [3.8, 4) is 0 Å². The molecule has 1 aromatic rings. The molecule has 1 amide bonds. The number of nitrogens with one attached hydrogen (secondary N) is 1. The second-order valence-corrected chi connectivity index (χ2v) is 7.72. The highest BCUT2D eigenvalue weighted by Crippen LogP contribution is 2.32. The molecule has 2 N–H and O–H groups in total. The van der Waals surface area contributed by atoms with Gasteiger partial charge in [0.2, 0.25) is 11.9 Å². The zero-order chi connectivity index (χ0) is 20.5. The minimum absolute atomic E-state index is 0.0414. The zero-order valence-corrected chi connectivity index (χ0v) is 16.6. The molecule has 2 heterocycles. The van der Waals surface area contributed by atoms with Gasteiger partial charge in [-0.1, -0.05) is 12.8 Å². The van der Waals surface area contributed by atoms with Crippen molar-refractivity contribution in [2.75, 3.05) is 12.4 Å². The Morgan fingerprint density at radius 1 is 1.21 bits per heavy atom. The number of nitrogens with zero attached hydrogens (tertiary/aromatic N) is 4. The van der Waals surface area contributed by atoms with Crippen molar-refractivity contribution in [1.82, 2.24) is 9.80 Å². The molecule has 2 aliphatic heterocycles. The molecule has 1 saturated carbocycles. The number of likely N-dealkylation sites (N-methyl/N-ethyl adjacent to an activating group) is 1. The molecule has 4 rings (SSSR count). The highest BCUT2D eigenvalue weighted by Gasteiger charge is 2.40. The smallest absolute Gasteiger partial charge is 0.335 e. The lowest BCUT2D eigenvalue weighted by Crippen LogP contribution is -2.53. The van der Waals surface area contributed by atoms with Crippen LogP contribution in [0, 0.1) is 0 Å². The third kappa shape index (κ3) is 3.74. The van der Waals surface area contributed by atoms with E-state index in [1.54, 1.807) is 36.4 Å². The molecule has 8 heteroatoms. The van der Waals surface area contributed by atoms with Gasteiger partial charge in [-0.05, 0) is 44.0 Å². The normalized spacial score (nSPS) is 24.7. The van der Waals surface area contributed by atoms with Crippen LogP contribution in [-0.2, 0) is 4.79 Å². The molecular formula is C21H25N5O3. The maximum atomic E-state index is 12.5. The highest BCUT2D eigenvalue weighted by molar-refractivity contribution is 6.02. The van der Waals surface area contributed by atoms with Gasteiger partial charge in [-0.15, -0.1) is 0 Å². The number of allylic oxidation sites excluding steroid dienone is 1. The van der Waals surface area contributed by atoms with Crippen LogP contribution in [0.4, 0.5) is 5.69 Å². The number of hydrogen-bond donors (Lipinski definition) is 2. The molecule has 2 unspecified atom stereocenters. The lowest BCUT2D eigenvalue weighted by Gasteiger charge is -2.40. The number of guanidine groups is 1. The van der Waals surface area contributed by atoms with Crippen molar-refractivity contribution in [3.63, 3.8) is 0 Å². The second kappa shape index (κ2) is 7.69. The molecule has 0 aromatic heterocycles. The summed E-state index contributed by atoms with van der Waals surface area (Å²) in [5.41, 5.74) is 1.87. The maximum Gasteiger partial charge on any atom is 0.335 e. The predicted molar refractivity (Wildman–Crippen MR) is 111 cm³/mol. The number of fused-ring (bicyclic) bond motifs is 1. The standard InChI is InChI=1S/C21H25N5O3/c1-13-11-18(27)25(2)17-12-22-21(23-15-9-7-14(8-10-15)20(28)29)24-19(17)26(13)16-5-3-4-6-16/h7-12,16-17,19H,3-6H2,1-2H3,(H,23,24)(H,28,29). The Balaban J connectivity index is 1.63. The Morgan fingerprint density at radius 3 is 2.55 bits per heavy atom. The summed E-state index contributed by atoms with van der Waals surface area (Å²) in [5.74, 6) is -0.554. The number of carboxylic acids is 1. The van der Waals surface area contributed by atoms with E-state index in [2.05, 4.69) is 15.2 Å². The van der Waals surface area contributed by atoms with Gasteiger partial charge in [-0.3, -0.25) is 4.79 Å². The number of rotatable bonds is 3. The van der Waals surface area contributed by atoms with E-state index >= 15 is 0 Å². The molecule has 1 aromatic carbocycles. The van der Waals surface area contributed by atoms with Crippen LogP contribution in [0.1, 0.15) is 43.0 Å². The van der Waals surface area contributed by atoms with Gasteiger partial charge in [0.1, 0.15) is 6.04 Å². The third-order valence-corrected chi connectivity index (χ3v) is 5.84. The van der Waals surface area contributed by atoms with E-state index in [9.17, 15) is 9.59 Å². The minimum Gasteiger partial charge on any atom is -0.478 e. The maximum absolute atomic E-state index is 12.5. The summed E-state index contributed by atoms with van der Waals surface area (Å²) in [4.78, 5) is 36.8. The highest BCUT2D eigenvalue weighted by atomic mass is 16.4. The van der Waals surface area contributed by atoms with E-state index in [1.165, 1.54) is 25.0 Å². The predicted octanol–water partition coefficient (Wildman–Crippen LogP) is 2.55. The summed E-state index contributed by atoms with van der Waals surface area (Å²) in [6, 6.07) is 6.58. The molecule has 8 nitrogen and oxygen atoms in total. The lowest BCUT2D eigenvalue weighted by molar-refractivity contribution is -0.125. The van der Waals surface area contributed by atoms with Crippen LogP contribution in [0.15, 0.2) is 46.0 Å². The second-order valence-electron chi connectivity index (χ2n) is 7.72. The Morgan fingerprint density at radius 2 is 1.90 bits per heavy atom. The van der Waals surface area contributed by atoms with E-state index in [0.29, 0.717) is 17.7 Å². The van der Waals surface area contributed by atoms with Crippen LogP contribution in [0.2, 0.25) is 0 Å². The Hall–Kier alpha value is -3.16. The van der Waals surface area contributed by atoms with Crippen molar-refractivity contribution < 1.29 is 14.7 Å². The number of aliphatic imine (C=N–C) groups is 2. The average Bonchev–Trinajstić information content (AvgIpc) is 3.19. The van der Waals surface area contributed by atoms with Gasteiger partial charge in [0.25, 0.3) is 0 Å². The van der Waals surface area contributed by atoms with Gasteiger partial charge in [0.15, 0.2) is 6.17 Å². The van der Waals surface area contributed by atoms with Crippen molar-refractivity contribution in [2.45, 2.75) is 50.9 Å².